The van der Waals surface area contributed by atoms with Gasteiger partial charge in [0.15, 0.2) is 0 Å². The van der Waals surface area contributed by atoms with Crippen molar-refractivity contribution in [3.05, 3.63) is 69.3 Å². The third-order valence-corrected chi connectivity index (χ3v) is 6.73. The van der Waals surface area contributed by atoms with Gasteiger partial charge in [-0.3, -0.25) is 9.36 Å². The van der Waals surface area contributed by atoms with Gasteiger partial charge in [0.2, 0.25) is 0 Å². The van der Waals surface area contributed by atoms with E-state index >= 15 is 0 Å². The SMILES string of the molecule is CCN(C=Nc1c(C(=O)OC)sc2c1c1ccccc1c(=O)n2-c1ccccc1C)CC. The fraction of sp³-hybridized carbons (Fsp3) is 0.240. The van der Waals surface area contributed by atoms with Crippen LogP contribution in [0.4, 0.5) is 5.69 Å². The number of para-hydroxylation sites is 1. The van der Waals surface area contributed by atoms with Gasteiger partial charge in [0.25, 0.3) is 5.56 Å². The lowest BCUT2D eigenvalue weighted by molar-refractivity contribution is 0.0607. The number of hydrogen-bond donors (Lipinski definition) is 0. The van der Waals surface area contributed by atoms with Gasteiger partial charge in [-0.25, -0.2) is 9.79 Å². The maximum Gasteiger partial charge on any atom is 0.350 e. The molecule has 0 aliphatic rings. The molecule has 2 aromatic carbocycles. The first-order chi connectivity index (χ1) is 15.5. The van der Waals surface area contributed by atoms with Crippen LogP contribution in [0.2, 0.25) is 0 Å². The molecule has 0 fully saturated rings. The van der Waals surface area contributed by atoms with Crippen molar-refractivity contribution in [2.45, 2.75) is 20.8 Å². The molecule has 2 heterocycles. The summed E-state index contributed by atoms with van der Waals surface area (Å²) in [6, 6.07) is 15.2. The Morgan fingerprint density at radius 3 is 2.41 bits per heavy atom. The molecule has 2 aromatic heterocycles. The average molecular weight is 448 g/mol. The fourth-order valence-corrected chi connectivity index (χ4v) is 5.02. The van der Waals surface area contributed by atoms with E-state index in [1.165, 1.54) is 18.4 Å². The Kier molecular flexibility index (Phi) is 6.10. The lowest BCUT2D eigenvalue weighted by Gasteiger charge is -2.14. The summed E-state index contributed by atoms with van der Waals surface area (Å²) in [5.74, 6) is -0.467. The van der Waals surface area contributed by atoms with E-state index in [4.69, 9.17) is 9.73 Å². The number of carbonyl (C=O) groups is 1. The Labute approximate surface area is 190 Å². The van der Waals surface area contributed by atoms with E-state index in [-0.39, 0.29) is 5.56 Å². The predicted molar refractivity (Wildman–Crippen MR) is 132 cm³/mol. The Morgan fingerprint density at radius 2 is 1.75 bits per heavy atom. The number of esters is 1. The second-order valence-corrected chi connectivity index (χ2v) is 8.39. The molecule has 32 heavy (non-hydrogen) atoms. The zero-order valence-corrected chi connectivity index (χ0v) is 19.4. The van der Waals surface area contributed by atoms with Crippen molar-refractivity contribution in [3.63, 3.8) is 0 Å². The number of nitrogens with zero attached hydrogens (tertiary/aromatic N) is 3. The van der Waals surface area contributed by atoms with E-state index < -0.39 is 5.97 Å². The molecule has 0 bridgehead atoms. The third-order valence-electron chi connectivity index (χ3n) is 5.59. The van der Waals surface area contributed by atoms with Gasteiger partial charge >= 0.3 is 5.97 Å². The standard InChI is InChI=1S/C25H25N3O3S/c1-5-27(6-2)15-26-21-20-17-12-8-9-13-18(17)23(29)28(19-14-10-7-11-16(19)3)24(20)32-22(21)25(30)31-4/h7-15H,5-6H2,1-4H3. The van der Waals surface area contributed by atoms with Crippen LogP contribution in [0.1, 0.15) is 29.1 Å². The van der Waals surface area contributed by atoms with E-state index in [2.05, 4.69) is 0 Å². The first-order valence-corrected chi connectivity index (χ1v) is 11.4. The van der Waals surface area contributed by atoms with Gasteiger partial charge in [0, 0.05) is 23.9 Å². The molecule has 0 atom stereocenters. The number of aromatic nitrogens is 1. The number of benzene rings is 2. The van der Waals surface area contributed by atoms with Gasteiger partial charge in [-0.15, -0.1) is 11.3 Å². The third kappa shape index (κ3) is 3.58. The Balaban J connectivity index is 2.19. The van der Waals surface area contributed by atoms with E-state index in [1.54, 1.807) is 10.9 Å². The number of fused-ring (bicyclic) bond motifs is 3. The summed E-state index contributed by atoms with van der Waals surface area (Å²) < 4.78 is 6.77. The Bertz CT molecular complexity index is 1400. The smallest absolute Gasteiger partial charge is 0.350 e. The van der Waals surface area contributed by atoms with Crippen LogP contribution >= 0.6 is 11.3 Å². The molecule has 6 nitrogen and oxygen atoms in total. The topological polar surface area (TPSA) is 63.9 Å². The summed E-state index contributed by atoms with van der Waals surface area (Å²) >= 11 is 1.24. The van der Waals surface area contributed by atoms with Gasteiger partial charge in [0.1, 0.15) is 15.4 Å². The maximum atomic E-state index is 13.6. The first kappa shape index (κ1) is 21.8. The highest BCUT2D eigenvalue weighted by atomic mass is 32.1. The number of rotatable bonds is 6. The van der Waals surface area contributed by atoms with Crippen LogP contribution in [0.3, 0.4) is 0 Å². The first-order valence-electron chi connectivity index (χ1n) is 10.5. The number of thiophene rings is 1. The molecule has 164 valence electrons. The number of aryl methyl sites for hydroxylation is 1. The van der Waals surface area contributed by atoms with Gasteiger partial charge in [-0.2, -0.15) is 0 Å². The summed E-state index contributed by atoms with van der Waals surface area (Å²) in [6.45, 7) is 7.66. The molecular weight excluding hydrogens is 422 g/mol. The molecule has 0 N–H and O–H groups in total. The second kappa shape index (κ2) is 8.96. The monoisotopic (exact) mass is 447 g/mol. The largest absolute Gasteiger partial charge is 0.465 e. The molecule has 4 aromatic rings. The number of carbonyl (C=O) groups excluding carboxylic acids is 1. The number of hydrogen-bond acceptors (Lipinski definition) is 5. The highest BCUT2D eigenvalue weighted by Gasteiger charge is 2.25. The summed E-state index contributed by atoms with van der Waals surface area (Å²) in [5.41, 5.74) is 2.15. The highest BCUT2D eigenvalue weighted by Crippen LogP contribution is 2.42. The lowest BCUT2D eigenvalue weighted by Crippen LogP contribution is -2.20. The van der Waals surface area contributed by atoms with E-state index in [1.807, 2.05) is 74.2 Å². The van der Waals surface area contributed by atoms with E-state index in [0.717, 1.165) is 35.1 Å². The number of ether oxygens (including phenoxy) is 1. The molecule has 0 aliphatic carbocycles. The van der Waals surface area contributed by atoms with Crippen molar-refractivity contribution in [1.82, 2.24) is 9.47 Å². The van der Waals surface area contributed by atoms with Crippen LogP contribution in [0.15, 0.2) is 58.3 Å². The zero-order chi connectivity index (χ0) is 22.8. The minimum absolute atomic E-state index is 0.126. The van der Waals surface area contributed by atoms with Crippen molar-refractivity contribution in [3.8, 4) is 5.69 Å². The van der Waals surface area contributed by atoms with E-state index in [0.29, 0.717) is 20.8 Å². The molecule has 0 saturated carbocycles. The summed E-state index contributed by atoms with van der Waals surface area (Å²) in [4.78, 5) is 34.2. The summed E-state index contributed by atoms with van der Waals surface area (Å²) in [5, 5.41) is 2.13. The molecule has 0 aliphatic heterocycles. The lowest BCUT2D eigenvalue weighted by atomic mass is 10.1. The molecule has 0 unspecified atom stereocenters. The van der Waals surface area contributed by atoms with Gasteiger partial charge in [0.05, 0.1) is 19.1 Å². The van der Waals surface area contributed by atoms with Crippen molar-refractivity contribution < 1.29 is 9.53 Å². The highest BCUT2D eigenvalue weighted by molar-refractivity contribution is 7.21. The van der Waals surface area contributed by atoms with Gasteiger partial charge in [-0.1, -0.05) is 36.4 Å². The second-order valence-electron chi connectivity index (χ2n) is 7.39. The van der Waals surface area contributed by atoms with Crippen LogP contribution in [0.25, 0.3) is 26.7 Å². The summed E-state index contributed by atoms with van der Waals surface area (Å²) in [6.07, 6.45) is 1.76. The van der Waals surface area contributed by atoms with Gasteiger partial charge in [-0.05, 0) is 43.9 Å². The molecule has 0 spiro atoms. The fourth-order valence-electron chi connectivity index (χ4n) is 3.82. The molecule has 4 rings (SSSR count). The van der Waals surface area contributed by atoms with Crippen LogP contribution in [0.5, 0.6) is 0 Å². The number of methoxy groups -OCH3 is 1. The summed E-state index contributed by atoms with van der Waals surface area (Å²) in [7, 11) is 1.36. The van der Waals surface area contributed by atoms with E-state index in [9.17, 15) is 9.59 Å². The minimum atomic E-state index is -0.467. The predicted octanol–water partition coefficient (Wildman–Crippen LogP) is 5.30. The van der Waals surface area contributed by atoms with Crippen LogP contribution in [-0.4, -0.2) is 42.0 Å². The van der Waals surface area contributed by atoms with Gasteiger partial charge < -0.3 is 9.64 Å². The normalized spacial score (nSPS) is 11.5. The Hall–Kier alpha value is -3.45. The minimum Gasteiger partial charge on any atom is -0.465 e. The van der Waals surface area contributed by atoms with Crippen molar-refractivity contribution in [2.24, 2.45) is 4.99 Å². The van der Waals surface area contributed by atoms with Crippen molar-refractivity contribution >= 4 is 50.3 Å². The molecule has 0 saturated heterocycles. The molecule has 7 heteroatoms. The number of pyridine rings is 1. The molecule has 0 amide bonds. The van der Waals surface area contributed by atoms with Crippen molar-refractivity contribution in [1.29, 1.82) is 0 Å². The van der Waals surface area contributed by atoms with Crippen LogP contribution < -0.4 is 5.56 Å². The van der Waals surface area contributed by atoms with Crippen LogP contribution in [0, 0.1) is 6.92 Å². The molecular formula is C25H25N3O3S. The Morgan fingerprint density at radius 1 is 1.09 bits per heavy atom. The quantitative estimate of drug-likeness (QED) is 0.229. The van der Waals surface area contributed by atoms with Crippen molar-refractivity contribution in [2.75, 3.05) is 20.2 Å². The maximum absolute atomic E-state index is 13.6. The van der Waals surface area contributed by atoms with Crippen LogP contribution in [-0.2, 0) is 4.74 Å². The average Bonchev–Trinajstić information content (AvgIpc) is 3.20. The number of aliphatic imine (C=N–C) groups is 1. The zero-order valence-electron chi connectivity index (χ0n) is 18.6. The molecule has 0 radical (unpaired) electrons.